The fraction of sp³-hybridized carbons (Fsp3) is 0.600. The van der Waals surface area contributed by atoms with Crippen molar-refractivity contribution in [2.45, 2.75) is 50.0 Å². The predicted molar refractivity (Wildman–Crippen MR) is 72.5 cm³/mol. The van der Waals surface area contributed by atoms with Crippen LogP contribution in [0.2, 0.25) is 0 Å². The van der Waals surface area contributed by atoms with E-state index in [1.54, 1.807) is 6.07 Å². The van der Waals surface area contributed by atoms with Crippen LogP contribution in [-0.4, -0.2) is 18.1 Å². The van der Waals surface area contributed by atoms with E-state index in [1.165, 1.54) is 12.5 Å². The van der Waals surface area contributed by atoms with Crippen LogP contribution < -0.4 is 0 Å². The van der Waals surface area contributed by atoms with E-state index in [2.05, 4.69) is 0 Å². The highest BCUT2D eigenvalue weighted by Crippen LogP contribution is 2.22. The van der Waals surface area contributed by atoms with Gasteiger partial charge in [-0.3, -0.25) is 0 Å². The van der Waals surface area contributed by atoms with Crippen molar-refractivity contribution in [3.8, 4) is 0 Å². The lowest BCUT2D eigenvalue weighted by atomic mass is 10.0. The van der Waals surface area contributed by atoms with Gasteiger partial charge in [-0.15, -0.1) is 11.6 Å². The Labute approximate surface area is 117 Å². The largest absolute Gasteiger partial charge is 0.378 e. The van der Waals surface area contributed by atoms with Crippen LogP contribution in [0.1, 0.15) is 37.7 Å². The molecule has 0 aliphatic carbocycles. The van der Waals surface area contributed by atoms with E-state index >= 15 is 0 Å². The molecule has 1 aliphatic rings. The molecular weight excluding hydrogens is 270 g/mol. The van der Waals surface area contributed by atoms with Crippen molar-refractivity contribution in [3.63, 3.8) is 0 Å². The highest BCUT2D eigenvalue weighted by Gasteiger charge is 2.17. The van der Waals surface area contributed by atoms with Crippen molar-refractivity contribution in [1.82, 2.24) is 0 Å². The molecule has 0 amide bonds. The quantitative estimate of drug-likeness (QED) is 0.727. The monoisotopic (exact) mass is 288 g/mol. The first-order chi connectivity index (χ1) is 9.16. The third kappa shape index (κ3) is 4.43. The molecule has 0 saturated carbocycles. The molecule has 1 aromatic rings. The zero-order chi connectivity index (χ0) is 13.7. The first-order valence-corrected chi connectivity index (χ1v) is 7.29. The van der Waals surface area contributed by atoms with Gasteiger partial charge in [0.2, 0.25) is 0 Å². The molecule has 0 radical (unpaired) electrons. The van der Waals surface area contributed by atoms with Gasteiger partial charge in [0.1, 0.15) is 0 Å². The van der Waals surface area contributed by atoms with Gasteiger partial charge in [0.15, 0.2) is 11.6 Å². The van der Waals surface area contributed by atoms with Gasteiger partial charge < -0.3 is 4.74 Å². The number of hydrogen-bond donors (Lipinski definition) is 0. The summed E-state index contributed by atoms with van der Waals surface area (Å²) < 4.78 is 32.2. The average molecular weight is 289 g/mol. The van der Waals surface area contributed by atoms with Gasteiger partial charge in [0, 0.05) is 12.0 Å². The summed E-state index contributed by atoms with van der Waals surface area (Å²) in [4.78, 5) is 0. The maximum atomic E-state index is 13.5. The first-order valence-electron chi connectivity index (χ1n) is 6.85. The zero-order valence-corrected chi connectivity index (χ0v) is 11.6. The summed E-state index contributed by atoms with van der Waals surface area (Å²) in [6, 6.07) is 4.23. The Bertz CT molecular complexity index is 405. The fourth-order valence-corrected chi connectivity index (χ4v) is 2.74. The summed E-state index contributed by atoms with van der Waals surface area (Å²) in [7, 11) is 0. The zero-order valence-electron chi connectivity index (χ0n) is 10.9. The van der Waals surface area contributed by atoms with Crippen LogP contribution in [-0.2, 0) is 11.2 Å². The lowest BCUT2D eigenvalue weighted by molar-refractivity contribution is 0.0100. The minimum Gasteiger partial charge on any atom is -0.378 e. The number of alkyl halides is 1. The van der Waals surface area contributed by atoms with Gasteiger partial charge in [-0.25, -0.2) is 8.78 Å². The van der Waals surface area contributed by atoms with Crippen LogP contribution >= 0.6 is 11.6 Å². The van der Waals surface area contributed by atoms with Crippen molar-refractivity contribution in [2.24, 2.45) is 0 Å². The molecule has 19 heavy (non-hydrogen) atoms. The highest BCUT2D eigenvalue weighted by molar-refractivity contribution is 6.20. The second kappa shape index (κ2) is 7.20. The molecule has 0 bridgehead atoms. The molecule has 2 rings (SSSR count). The Balaban J connectivity index is 1.80. The predicted octanol–water partition coefficient (Wildman–Crippen LogP) is 4.46. The van der Waals surface area contributed by atoms with E-state index in [0.29, 0.717) is 12.0 Å². The maximum absolute atomic E-state index is 13.5. The van der Waals surface area contributed by atoms with E-state index in [0.717, 1.165) is 38.4 Å². The van der Waals surface area contributed by atoms with E-state index in [9.17, 15) is 8.78 Å². The Hall–Kier alpha value is -0.670. The molecule has 4 heteroatoms. The van der Waals surface area contributed by atoms with Gasteiger partial charge in [0.05, 0.1) is 6.10 Å². The van der Waals surface area contributed by atoms with Crippen LogP contribution in [0.5, 0.6) is 0 Å². The topological polar surface area (TPSA) is 9.23 Å². The van der Waals surface area contributed by atoms with Gasteiger partial charge in [-0.1, -0.05) is 12.1 Å². The molecule has 2 atom stereocenters. The standard InChI is InChI=1S/C15H19ClF2O/c16-12(7-8-13-5-1-2-9-19-13)10-11-4-3-6-14(17)15(11)18/h3-4,6,12-13H,1-2,5,7-10H2. The molecular formula is C15H19ClF2O. The summed E-state index contributed by atoms with van der Waals surface area (Å²) in [6.45, 7) is 0.830. The van der Waals surface area contributed by atoms with Gasteiger partial charge in [-0.05, 0) is 50.2 Å². The van der Waals surface area contributed by atoms with E-state index in [1.807, 2.05) is 0 Å². The molecule has 1 aromatic carbocycles. The summed E-state index contributed by atoms with van der Waals surface area (Å²) in [5, 5.41) is -0.179. The van der Waals surface area contributed by atoms with Gasteiger partial charge >= 0.3 is 0 Å². The highest BCUT2D eigenvalue weighted by atomic mass is 35.5. The van der Waals surface area contributed by atoms with Crippen molar-refractivity contribution < 1.29 is 13.5 Å². The van der Waals surface area contributed by atoms with Crippen LogP contribution in [0.15, 0.2) is 18.2 Å². The maximum Gasteiger partial charge on any atom is 0.162 e. The number of hydrogen-bond acceptors (Lipinski definition) is 1. The molecule has 1 aliphatic heterocycles. The van der Waals surface area contributed by atoms with Crippen LogP contribution in [0, 0.1) is 11.6 Å². The lowest BCUT2D eigenvalue weighted by Gasteiger charge is -2.23. The summed E-state index contributed by atoms with van der Waals surface area (Å²) in [6.07, 6.45) is 5.72. The summed E-state index contributed by atoms with van der Waals surface area (Å²) in [5.74, 6) is -1.58. The van der Waals surface area contributed by atoms with Gasteiger partial charge in [-0.2, -0.15) is 0 Å². The second-order valence-electron chi connectivity index (χ2n) is 5.08. The molecule has 1 saturated heterocycles. The summed E-state index contributed by atoms with van der Waals surface area (Å²) in [5.41, 5.74) is 0.351. The van der Waals surface area contributed by atoms with Gasteiger partial charge in [0.25, 0.3) is 0 Å². The molecule has 1 fully saturated rings. The second-order valence-corrected chi connectivity index (χ2v) is 5.70. The Morgan fingerprint density at radius 3 is 2.89 bits per heavy atom. The minimum atomic E-state index is -0.808. The number of ether oxygens (including phenoxy) is 1. The molecule has 0 N–H and O–H groups in total. The number of benzene rings is 1. The SMILES string of the molecule is Fc1cccc(CC(Cl)CCC2CCCCO2)c1F. The van der Waals surface area contributed by atoms with Crippen molar-refractivity contribution in [3.05, 3.63) is 35.4 Å². The van der Waals surface area contributed by atoms with E-state index < -0.39 is 11.6 Å². The smallest absolute Gasteiger partial charge is 0.162 e. The molecule has 2 unspecified atom stereocenters. The molecule has 106 valence electrons. The molecule has 1 heterocycles. The summed E-state index contributed by atoms with van der Waals surface area (Å²) >= 11 is 6.21. The van der Waals surface area contributed by atoms with Crippen molar-refractivity contribution >= 4 is 11.6 Å². The van der Waals surface area contributed by atoms with Crippen LogP contribution in [0.25, 0.3) is 0 Å². The van der Waals surface area contributed by atoms with Crippen molar-refractivity contribution in [2.75, 3.05) is 6.61 Å². The number of rotatable bonds is 5. The Morgan fingerprint density at radius 2 is 2.16 bits per heavy atom. The fourth-order valence-electron chi connectivity index (χ4n) is 2.45. The molecule has 0 spiro atoms. The van der Waals surface area contributed by atoms with E-state index in [-0.39, 0.29) is 11.5 Å². The van der Waals surface area contributed by atoms with E-state index in [4.69, 9.17) is 16.3 Å². The Morgan fingerprint density at radius 1 is 1.32 bits per heavy atom. The third-order valence-corrected chi connectivity index (χ3v) is 3.92. The third-order valence-electron chi connectivity index (χ3n) is 3.55. The lowest BCUT2D eigenvalue weighted by Crippen LogP contribution is -2.20. The molecule has 0 aromatic heterocycles. The normalized spacial score (nSPS) is 21.3. The van der Waals surface area contributed by atoms with Crippen LogP contribution in [0.4, 0.5) is 8.78 Å². The Kier molecular flexibility index (Phi) is 5.59. The number of halogens is 3. The van der Waals surface area contributed by atoms with Crippen molar-refractivity contribution in [1.29, 1.82) is 0 Å². The van der Waals surface area contributed by atoms with Crippen LogP contribution in [0.3, 0.4) is 0 Å². The minimum absolute atomic E-state index is 0.179. The molecule has 1 nitrogen and oxygen atoms in total. The first kappa shape index (κ1) is 14.7. The average Bonchev–Trinajstić information content (AvgIpc) is 2.43.